The van der Waals surface area contributed by atoms with Crippen molar-refractivity contribution in [2.75, 3.05) is 20.2 Å². The van der Waals surface area contributed by atoms with Crippen LogP contribution in [0.25, 0.3) is 0 Å². The molecule has 1 aromatic carbocycles. The topological polar surface area (TPSA) is 87.1 Å². The second kappa shape index (κ2) is 6.79. The van der Waals surface area contributed by atoms with Crippen LogP contribution in [0.1, 0.15) is 24.2 Å². The summed E-state index contributed by atoms with van der Waals surface area (Å²) in [5.41, 5.74) is 0.0627. The monoisotopic (exact) mass is 281 g/mol. The van der Waals surface area contributed by atoms with Crippen molar-refractivity contribution in [3.8, 4) is 11.5 Å². The summed E-state index contributed by atoms with van der Waals surface area (Å²) in [7, 11) is 1.45. The van der Waals surface area contributed by atoms with Crippen LogP contribution in [0.3, 0.4) is 0 Å². The van der Waals surface area contributed by atoms with Crippen molar-refractivity contribution >= 4 is 11.9 Å². The van der Waals surface area contributed by atoms with Crippen LogP contribution in [0.5, 0.6) is 11.5 Å². The maximum atomic E-state index is 12.3. The largest absolute Gasteiger partial charge is 0.507 e. The lowest BCUT2D eigenvalue weighted by Crippen LogP contribution is -2.38. The lowest BCUT2D eigenvalue weighted by molar-refractivity contribution is -0.137. The molecule has 2 N–H and O–H groups in total. The number of carboxylic acid groups (broad SMARTS) is 1. The fraction of sp³-hybridized carbons (Fsp3) is 0.429. The van der Waals surface area contributed by atoms with E-state index in [2.05, 4.69) is 0 Å². The van der Waals surface area contributed by atoms with Crippen LogP contribution in [0, 0.1) is 5.92 Å². The smallest absolute Gasteiger partial charge is 0.323 e. The Morgan fingerprint density at radius 2 is 2.00 bits per heavy atom. The minimum Gasteiger partial charge on any atom is -0.507 e. The van der Waals surface area contributed by atoms with Crippen LogP contribution < -0.4 is 4.74 Å². The SMILES string of the molecule is COc1ccc(C(=O)N(CC(=O)O)CC(C)C)c(O)c1. The highest BCUT2D eigenvalue weighted by Crippen LogP contribution is 2.24. The van der Waals surface area contributed by atoms with E-state index >= 15 is 0 Å². The summed E-state index contributed by atoms with van der Waals surface area (Å²) in [6.07, 6.45) is 0. The maximum Gasteiger partial charge on any atom is 0.323 e. The van der Waals surface area contributed by atoms with Crippen LogP contribution in [0.2, 0.25) is 0 Å². The van der Waals surface area contributed by atoms with Gasteiger partial charge in [-0.15, -0.1) is 0 Å². The van der Waals surface area contributed by atoms with Crippen molar-refractivity contribution < 1.29 is 24.5 Å². The van der Waals surface area contributed by atoms with Crippen molar-refractivity contribution in [3.63, 3.8) is 0 Å². The summed E-state index contributed by atoms with van der Waals surface area (Å²) in [5, 5.41) is 18.7. The third-order valence-corrected chi connectivity index (χ3v) is 2.63. The molecule has 0 bridgehead atoms. The number of methoxy groups -OCH3 is 1. The van der Waals surface area contributed by atoms with Gasteiger partial charge in [0.1, 0.15) is 18.0 Å². The maximum absolute atomic E-state index is 12.3. The Kier molecular flexibility index (Phi) is 5.37. The van der Waals surface area contributed by atoms with Gasteiger partial charge in [-0.2, -0.15) is 0 Å². The van der Waals surface area contributed by atoms with Crippen LogP contribution in [0.4, 0.5) is 0 Å². The molecule has 0 unspecified atom stereocenters. The first kappa shape index (κ1) is 15.8. The number of hydrogen-bond donors (Lipinski definition) is 2. The lowest BCUT2D eigenvalue weighted by Gasteiger charge is -2.23. The summed E-state index contributed by atoms with van der Waals surface area (Å²) < 4.78 is 4.94. The first-order valence-electron chi connectivity index (χ1n) is 6.23. The van der Waals surface area contributed by atoms with Gasteiger partial charge in [0.25, 0.3) is 5.91 Å². The molecule has 0 aliphatic carbocycles. The second-order valence-corrected chi connectivity index (χ2v) is 4.86. The van der Waals surface area contributed by atoms with E-state index < -0.39 is 18.4 Å². The molecule has 110 valence electrons. The number of phenols is 1. The zero-order valence-corrected chi connectivity index (χ0v) is 11.8. The Hall–Kier alpha value is -2.24. The van der Waals surface area contributed by atoms with Crippen LogP contribution in [-0.2, 0) is 4.79 Å². The highest BCUT2D eigenvalue weighted by atomic mass is 16.5. The Bertz CT molecular complexity index is 498. The molecule has 0 atom stereocenters. The number of benzene rings is 1. The Labute approximate surface area is 117 Å². The predicted molar refractivity (Wildman–Crippen MR) is 73.0 cm³/mol. The molecule has 20 heavy (non-hydrogen) atoms. The fourth-order valence-electron chi connectivity index (χ4n) is 1.81. The van der Waals surface area contributed by atoms with Crippen molar-refractivity contribution in [1.82, 2.24) is 4.90 Å². The summed E-state index contributed by atoms with van der Waals surface area (Å²) in [6.45, 7) is 3.67. The highest BCUT2D eigenvalue weighted by Gasteiger charge is 2.22. The average Bonchev–Trinajstić information content (AvgIpc) is 2.35. The molecule has 1 amide bonds. The molecular weight excluding hydrogens is 262 g/mol. The van der Waals surface area contributed by atoms with Crippen molar-refractivity contribution in [2.24, 2.45) is 5.92 Å². The van der Waals surface area contributed by atoms with E-state index in [1.165, 1.54) is 24.1 Å². The van der Waals surface area contributed by atoms with E-state index in [0.29, 0.717) is 12.3 Å². The van der Waals surface area contributed by atoms with E-state index in [9.17, 15) is 14.7 Å². The number of ether oxygens (including phenoxy) is 1. The number of carbonyl (C=O) groups is 2. The Morgan fingerprint density at radius 1 is 1.35 bits per heavy atom. The normalized spacial score (nSPS) is 10.4. The van der Waals surface area contributed by atoms with E-state index in [4.69, 9.17) is 9.84 Å². The van der Waals surface area contributed by atoms with Gasteiger partial charge in [0.05, 0.1) is 12.7 Å². The van der Waals surface area contributed by atoms with Gasteiger partial charge in [-0.05, 0) is 18.1 Å². The van der Waals surface area contributed by atoms with Crippen LogP contribution >= 0.6 is 0 Å². The number of carbonyl (C=O) groups excluding carboxylic acids is 1. The molecule has 6 nitrogen and oxygen atoms in total. The summed E-state index contributed by atoms with van der Waals surface area (Å²) in [5.74, 6) is -1.28. The van der Waals surface area contributed by atoms with Gasteiger partial charge >= 0.3 is 5.97 Å². The molecule has 0 saturated heterocycles. The number of rotatable bonds is 6. The number of aromatic hydroxyl groups is 1. The third kappa shape index (κ3) is 4.15. The van der Waals surface area contributed by atoms with Gasteiger partial charge in [-0.1, -0.05) is 13.8 Å². The first-order valence-corrected chi connectivity index (χ1v) is 6.23. The lowest BCUT2D eigenvalue weighted by atomic mass is 10.1. The molecule has 6 heteroatoms. The highest BCUT2D eigenvalue weighted by molar-refractivity contribution is 5.98. The van der Waals surface area contributed by atoms with E-state index in [-0.39, 0.29) is 17.2 Å². The zero-order chi connectivity index (χ0) is 15.3. The van der Waals surface area contributed by atoms with Crippen LogP contribution in [-0.4, -0.2) is 47.2 Å². The van der Waals surface area contributed by atoms with Crippen molar-refractivity contribution in [2.45, 2.75) is 13.8 Å². The van der Waals surface area contributed by atoms with Gasteiger partial charge in [0.2, 0.25) is 0 Å². The molecule has 1 aromatic rings. The number of nitrogens with zero attached hydrogens (tertiary/aromatic N) is 1. The molecule has 0 aromatic heterocycles. The quantitative estimate of drug-likeness (QED) is 0.826. The minimum absolute atomic E-state index is 0.0627. The van der Waals surface area contributed by atoms with E-state index in [0.717, 1.165) is 0 Å². The molecule has 0 spiro atoms. The summed E-state index contributed by atoms with van der Waals surface area (Å²) in [6, 6.07) is 4.29. The molecular formula is C14H19NO5. The average molecular weight is 281 g/mol. The van der Waals surface area contributed by atoms with E-state index in [1.807, 2.05) is 13.8 Å². The van der Waals surface area contributed by atoms with Crippen molar-refractivity contribution in [3.05, 3.63) is 23.8 Å². The molecule has 0 aliphatic heterocycles. The molecule has 0 heterocycles. The fourth-order valence-corrected chi connectivity index (χ4v) is 1.81. The number of hydrogen-bond acceptors (Lipinski definition) is 4. The minimum atomic E-state index is -1.09. The number of phenolic OH excluding ortho intramolecular Hbond substituents is 1. The number of aliphatic carboxylic acids is 1. The standard InChI is InChI=1S/C14H19NO5/c1-9(2)7-15(8-13(17)18)14(19)11-5-4-10(20-3)6-12(11)16/h4-6,9,16H,7-8H2,1-3H3,(H,17,18). The predicted octanol–water partition coefficient (Wildman–Crippen LogP) is 1.58. The Balaban J connectivity index is 3.01. The molecule has 0 fully saturated rings. The van der Waals surface area contributed by atoms with E-state index in [1.54, 1.807) is 6.07 Å². The molecule has 0 radical (unpaired) electrons. The zero-order valence-electron chi connectivity index (χ0n) is 11.8. The second-order valence-electron chi connectivity index (χ2n) is 4.86. The van der Waals surface area contributed by atoms with Crippen molar-refractivity contribution in [1.29, 1.82) is 0 Å². The molecule has 0 aliphatic rings. The van der Waals surface area contributed by atoms with Gasteiger partial charge in [-0.25, -0.2) is 0 Å². The number of amides is 1. The summed E-state index contributed by atoms with van der Waals surface area (Å²) in [4.78, 5) is 24.3. The van der Waals surface area contributed by atoms with Gasteiger partial charge < -0.3 is 19.8 Å². The molecule has 0 saturated carbocycles. The Morgan fingerprint density at radius 3 is 2.45 bits per heavy atom. The van der Waals surface area contributed by atoms with Gasteiger partial charge in [0, 0.05) is 12.6 Å². The van der Waals surface area contributed by atoms with Crippen LogP contribution in [0.15, 0.2) is 18.2 Å². The summed E-state index contributed by atoms with van der Waals surface area (Å²) >= 11 is 0. The van der Waals surface area contributed by atoms with Gasteiger partial charge in [0.15, 0.2) is 0 Å². The third-order valence-electron chi connectivity index (χ3n) is 2.63. The number of carboxylic acids is 1. The molecule has 1 rings (SSSR count). The van der Waals surface area contributed by atoms with Gasteiger partial charge in [-0.3, -0.25) is 9.59 Å². The first-order chi connectivity index (χ1) is 9.35.